The zero-order chi connectivity index (χ0) is 50.2. The van der Waals surface area contributed by atoms with E-state index in [-0.39, 0.29) is 24.9 Å². The van der Waals surface area contributed by atoms with Gasteiger partial charge in [0.1, 0.15) is 6.10 Å². The topological polar surface area (TPSA) is 95.9 Å². The third-order valence-corrected chi connectivity index (χ3v) is 13.6. The van der Waals surface area contributed by atoms with E-state index in [0.29, 0.717) is 19.3 Å². The summed E-state index contributed by atoms with van der Waals surface area (Å²) in [7, 11) is 0. The van der Waals surface area contributed by atoms with Gasteiger partial charge in [-0.2, -0.15) is 0 Å². The maximum absolute atomic E-state index is 13.3. The summed E-state index contributed by atoms with van der Waals surface area (Å²) in [6, 6.07) is -0.735. The molecule has 6 nitrogen and oxygen atoms in total. The van der Waals surface area contributed by atoms with Crippen LogP contribution in [-0.4, -0.2) is 46.9 Å². The Balaban J connectivity index is 4.62. The number of nitrogens with one attached hydrogen (secondary N) is 1. The molecule has 1 amide bonds. The third-order valence-electron chi connectivity index (χ3n) is 13.6. The fourth-order valence-corrected chi connectivity index (χ4v) is 8.99. The van der Waals surface area contributed by atoms with Gasteiger partial charge in [0.15, 0.2) is 0 Å². The molecule has 0 aliphatic heterocycles. The van der Waals surface area contributed by atoms with Crippen molar-refractivity contribution in [3.8, 4) is 0 Å². The number of ether oxygens (including phenoxy) is 1. The number of hydrogen-bond donors (Lipinski definition) is 3. The van der Waals surface area contributed by atoms with E-state index in [1.54, 1.807) is 0 Å². The van der Waals surface area contributed by atoms with Gasteiger partial charge in [-0.1, -0.05) is 274 Å². The average molecular weight is 967 g/mol. The van der Waals surface area contributed by atoms with E-state index >= 15 is 0 Å². The van der Waals surface area contributed by atoms with Crippen molar-refractivity contribution >= 4 is 11.9 Å². The number of carbonyl (C=O) groups excluding carboxylic acids is 2. The number of aliphatic hydroxyl groups is 2. The largest absolute Gasteiger partial charge is 0.461 e. The molecule has 69 heavy (non-hydrogen) atoms. The van der Waals surface area contributed by atoms with E-state index in [1.165, 1.54) is 193 Å². The van der Waals surface area contributed by atoms with Gasteiger partial charge in [0.2, 0.25) is 5.91 Å². The van der Waals surface area contributed by atoms with Crippen LogP contribution in [0.2, 0.25) is 0 Å². The number of amides is 1. The summed E-state index contributed by atoms with van der Waals surface area (Å²) in [5.74, 6) is -0.577. The minimum atomic E-state index is -0.814. The molecule has 0 aromatic carbocycles. The van der Waals surface area contributed by atoms with Gasteiger partial charge in [0, 0.05) is 12.8 Å². The predicted molar refractivity (Wildman–Crippen MR) is 301 cm³/mol. The fraction of sp³-hybridized carbons (Fsp3) is 0.810. The molecule has 3 unspecified atom stereocenters. The maximum Gasteiger partial charge on any atom is 0.306 e. The highest BCUT2D eigenvalue weighted by Crippen LogP contribution is 2.17. The first-order valence-electron chi connectivity index (χ1n) is 30.0. The molecule has 402 valence electrons. The number of rotatable bonds is 54. The molecular formula is C63H115NO5. The molecule has 3 N–H and O–H groups in total. The lowest BCUT2D eigenvalue weighted by Gasteiger charge is -2.24. The first kappa shape index (κ1) is 66.6. The quantitative estimate of drug-likeness (QED) is 0.0321. The van der Waals surface area contributed by atoms with Crippen LogP contribution in [0.15, 0.2) is 60.8 Å². The summed E-state index contributed by atoms with van der Waals surface area (Å²) in [5, 5.41) is 23.9. The van der Waals surface area contributed by atoms with Gasteiger partial charge in [-0.3, -0.25) is 9.59 Å². The predicted octanol–water partition coefficient (Wildman–Crippen LogP) is 18.7. The van der Waals surface area contributed by atoms with Crippen molar-refractivity contribution < 1.29 is 24.5 Å². The van der Waals surface area contributed by atoms with E-state index in [9.17, 15) is 19.8 Å². The van der Waals surface area contributed by atoms with Gasteiger partial charge in [0.05, 0.1) is 25.2 Å². The van der Waals surface area contributed by atoms with Crippen molar-refractivity contribution in [2.75, 3.05) is 6.61 Å². The number of carbonyl (C=O) groups is 2. The second kappa shape index (κ2) is 56.5. The number of hydrogen-bond acceptors (Lipinski definition) is 5. The number of allylic oxidation sites excluding steroid dienone is 9. The highest BCUT2D eigenvalue weighted by molar-refractivity contribution is 5.77. The van der Waals surface area contributed by atoms with Crippen LogP contribution in [0.25, 0.3) is 0 Å². The Morgan fingerprint density at radius 2 is 0.768 bits per heavy atom. The molecule has 0 bridgehead atoms. The molecule has 0 radical (unpaired) electrons. The molecule has 3 atom stereocenters. The molecule has 0 rings (SSSR count). The highest BCUT2D eigenvalue weighted by Gasteiger charge is 2.23. The second-order valence-corrected chi connectivity index (χ2v) is 20.4. The number of esters is 1. The van der Waals surface area contributed by atoms with Crippen LogP contribution < -0.4 is 5.32 Å². The van der Waals surface area contributed by atoms with Crippen LogP contribution >= 0.6 is 0 Å². The Morgan fingerprint density at radius 3 is 1.20 bits per heavy atom. The molecule has 0 spiro atoms. The van der Waals surface area contributed by atoms with Gasteiger partial charge >= 0.3 is 5.97 Å². The van der Waals surface area contributed by atoms with Gasteiger partial charge in [-0.25, -0.2) is 0 Å². The summed E-state index contributed by atoms with van der Waals surface area (Å²) < 4.78 is 5.90. The minimum Gasteiger partial charge on any atom is -0.461 e. The molecule has 0 fully saturated rings. The molecular weight excluding hydrogens is 851 g/mol. The zero-order valence-corrected chi connectivity index (χ0v) is 45.9. The Labute approximate surface area is 428 Å². The van der Waals surface area contributed by atoms with Crippen LogP contribution in [0, 0.1) is 0 Å². The summed E-state index contributed by atoms with van der Waals surface area (Å²) in [6.07, 6.45) is 71.7. The average Bonchev–Trinajstić information content (AvgIpc) is 3.34. The minimum absolute atomic E-state index is 0.00124. The van der Waals surface area contributed by atoms with Gasteiger partial charge in [-0.05, 0) is 70.6 Å². The number of aliphatic hydroxyl groups excluding tert-OH is 2. The van der Waals surface area contributed by atoms with E-state index in [2.05, 4.69) is 80.8 Å². The van der Waals surface area contributed by atoms with E-state index < -0.39 is 18.2 Å². The van der Waals surface area contributed by atoms with Crippen molar-refractivity contribution in [2.24, 2.45) is 0 Å². The molecule has 0 saturated carbocycles. The van der Waals surface area contributed by atoms with Crippen LogP contribution in [0.3, 0.4) is 0 Å². The van der Waals surface area contributed by atoms with Crippen molar-refractivity contribution in [1.82, 2.24) is 5.32 Å². The zero-order valence-electron chi connectivity index (χ0n) is 45.9. The molecule has 0 aromatic heterocycles. The molecule has 0 saturated heterocycles. The van der Waals surface area contributed by atoms with Crippen LogP contribution in [-0.2, 0) is 14.3 Å². The van der Waals surface area contributed by atoms with Gasteiger partial charge < -0.3 is 20.3 Å². The molecule has 0 aliphatic carbocycles. The summed E-state index contributed by atoms with van der Waals surface area (Å²) in [5.41, 5.74) is 0. The Bertz CT molecular complexity index is 1220. The van der Waals surface area contributed by atoms with Crippen molar-refractivity contribution in [3.05, 3.63) is 60.8 Å². The summed E-state index contributed by atoms with van der Waals surface area (Å²) in [4.78, 5) is 26.3. The van der Waals surface area contributed by atoms with Crippen molar-refractivity contribution in [3.63, 3.8) is 0 Å². The second-order valence-electron chi connectivity index (χ2n) is 20.4. The fourth-order valence-electron chi connectivity index (χ4n) is 8.99. The SMILES string of the molecule is CCCCC/C=C\C/C=C\C/C=C\C/C=C\CC(CC(=O)NC(CO)C(O)CCCCCCCCCCCCCCCCCCC)OC(=O)CCCCCCC/C=C/CCCCCCCCCCC. The molecule has 0 aromatic rings. The van der Waals surface area contributed by atoms with Crippen LogP contribution in [0.5, 0.6) is 0 Å². The Kier molecular flexibility index (Phi) is 54.5. The normalized spacial score (nSPS) is 13.5. The smallest absolute Gasteiger partial charge is 0.306 e. The van der Waals surface area contributed by atoms with E-state index in [0.717, 1.165) is 64.2 Å². The monoisotopic (exact) mass is 966 g/mol. The molecule has 6 heteroatoms. The van der Waals surface area contributed by atoms with Crippen molar-refractivity contribution in [2.45, 2.75) is 322 Å². The third kappa shape index (κ3) is 51.7. The molecule has 0 aliphatic rings. The van der Waals surface area contributed by atoms with Crippen molar-refractivity contribution in [1.29, 1.82) is 0 Å². The highest BCUT2D eigenvalue weighted by atomic mass is 16.5. The van der Waals surface area contributed by atoms with Gasteiger partial charge in [-0.15, -0.1) is 0 Å². The lowest BCUT2D eigenvalue weighted by Crippen LogP contribution is -2.46. The van der Waals surface area contributed by atoms with Gasteiger partial charge in [0.25, 0.3) is 0 Å². The summed E-state index contributed by atoms with van der Waals surface area (Å²) in [6.45, 7) is 6.46. The van der Waals surface area contributed by atoms with Crippen LogP contribution in [0.4, 0.5) is 0 Å². The standard InChI is InChI=1S/C63H115NO5/c1-4-7-10-13-16-19-22-25-28-30-32-35-38-41-44-47-50-53-56-63(68)69-59(54-51-48-45-42-39-36-33-27-24-21-18-15-12-9-6-3)57-62(67)64-60(58-65)61(66)55-52-49-46-43-40-37-34-31-29-26-23-20-17-14-11-8-5-2/h18,21,27,32-33,35,39,42,48,51,59-61,65-66H,4-17,19-20,22-26,28-31,34,36-38,40-41,43-47,49-50,52-58H2,1-3H3,(H,64,67)/b21-18-,33-27-,35-32+,42-39-,51-48-. The van der Waals surface area contributed by atoms with E-state index in [4.69, 9.17) is 4.74 Å². The first-order valence-corrected chi connectivity index (χ1v) is 30.0. The van der Waals surface area contributed by atoms with Crippen LogP contribution in [0.1, 0.15) is 303 Å². The Morgan fingerprint density at radius 1 is 0.435 bits per heavy atom. The first-order chi connectivity index (χ1) is 34.0. The lowest BCUT2D eigenvalue weighted by atomic mass is 10.0. The molecule has 0 heterocycles. The summed E-state index contributed by atoms with van der Waals surface area (Å²) >= 11 is 0. The number of unbranched alkanes of at least 4 members (excludes halogenated alkanes) is 33. The van der Waals surface area contributed by atoms with E-state index in [1.807, 2.05) is 6.08 Å². The lowest BCUT2D eigenvalue weighted by molar-refractivity contribution is -0.150. The Hall–Kier alpha value is -2.44. The maximum atomic E-state index is 13.3.